The summed E-state index contributed by atoms with van der Waals surface area (Å²) >= 11 is 0. The number of carbonyl (C=O) groups is 1. The second-order valence-corrected chi connectivity index (χ2v) is 4.66. The van der Waals surface area contributed by atoms with Crippen LogP contribution in [0, 0.1) is 12.8 Å². The minimum Gasteiger partial charge on any atom is -0.466 e. The third kappa shape index (κ3) is 2.25. The van der Waals surface area contributed by atoms with Crippen molar-refractivity contribution < 1.29 is 13.9 Å². The molecular formula is C13H15N3O3. The van der Waals surface area contributed by atoms with Crippen LogP contribution in [-0.4, -0.2) is 27.8 Å². The van der Waals surface area contributed by atoms with Crippen LogP contribution in [-0.2, 0) is 9.53 Å². The molecule has 3 rings (SSSR count). The van der Waals surface area contributed by atoms with Crippen LogP contribution >= 0.6 is 0 Å². The maximum atomic E-state index is 11.6. The van der Waals surface area contributed by atoms with Gasteiger partial charge in [0.1, 0.15) is 11.6 Å². The molecule has 1 fully saturated rings. The second kappa shape index (κ2) is 4.53. The molecule has 0 saturated heterocycles. The van der Waals surface area contributed by atoms with Gasteiger partial charge in [0.2, 0.25) is 5.82 Å². The van der Waals surface area contributed by atoms with Gasteiger partial charge in [-0.1, -0.05) is 0 Å². The zero-order chi connectivity index (χ0) is 13.4. The maximum absolute atomic E-state index is 11.6. The Bertz CT molecular complexity index is 602. The first-order valence-corrected chi connectivity index (χ1v) is 6.34. The minimum atomic E-state index is -0.153. The van der Waals surface area contributed by atoms with Gasteiger partial charge < -0.3 is 9.15 Å². The van der Waals surface area contributed by atoms with Crippen LogP contribution in [0.1, 0.15) is 30.8 Å². The molecule has 1 saturated carbocycles. The number of hydrogen-bond acceptors (Lipinski definition) is 5. The Hall–Kier alpha value is -2.11. The van der Waals surface area contributed by atoms with E-state index < -0.39 is 0 Å². The number of aryl methyl sites for hydroxylation is 1. The summed E-state index contributed by atoms with van der Waals surface area (Å²) in [5, 5.41) is 6.99. The lowest BCUT2D eigenvalue weighted by Crippen LogP contribution is -2.07. The zero-order valence-electron chi connectivity index (χ0n) is 10.8. The van der Waals surface area contributed by atoms with Crippen LogP contribution in [0.25, 0.3) is 11.6 Å². The first-order chi connectivity index (χ1) is 9.19. The molecule has 0 aliphatic heterocycles. The number of nitrogens with one attached hydrogen (secondary N) is 1. The maximum Gasteiger partial charge on any atom is 0.309 e. The normalized spacial score (nSPS) is 21.4. The quantitative estimate of drug-likeness (QED) is 0.852. The zero-order valence-corrected chi connectivity index (χ0v) is 10.8. The van der Waals surface area contributed by atoms with Crippen molar-refractivity contribution >= 4 is 5.97 Å². The van der Waals surface area contributed by atoms with E-state index >= 15 is 0 Å². The molecule has 2 heterocycles. The molecule has 1 aliphatic rings. The molecule has 0 unspecified atom stereocenters. The lowest BCUT2D eigenvalue weighted by Gasteiger charge is -1.98. The molecule has 0 amide bonds. The standard InChI is InChI=1S/C13H15N3O3/c1-3-18-13(17)9-6-8(9)11-14-12(16-15-11)10-5-4-7(2)19-10/h4-5,8-9H,3,6H2,1-2H3,(H,14,15,16)/t8-,9-/m1/s1. The van der Waals surface area contributed by atoms with Crippen LogP contribution in [0.3, 0.4) is 0 Å². The molecule has 1 N–H and O–H groups in total. The summed E-state index contributed by atoms with van der Waals surface area (Å²) in [6.07, 6.45) is 0.769. The molecule has 0 spiro atoms. The van der Waals surface area contributed by atoms with E-state index in [1.54, 1.807) is 6.92 Å². The van der Waals surface area contributed by atoms with Crippen molar-refractivity contribution in [2.24, 2.45) is 5.92 Å². The fourth-order valence-corrected chi connectivity index (χ4v) is 2.11. The average molecular weight is 261 g/mol. The van der Waals surface area contributed by atoms with Crippen molar-refractivity contribution in [3.8, 4) is 11.6 Å². The number of aromatic nitrogens is 3. The summed E-state index contributed by atoms with van der Waals surface area (Å²) in [6, 6.07) is 3.70. The summed E-state index contributed by atoms with van der Waals surface area (Å²) in [7, 11) is 0. The highest BCUT2D eigenvalue weighted by Gasteiger charge is 2.47. The number of aromatic amines is 1. The molecule has 0 bridgehead atoms. The summed E-state index contributed by atoms with van der Waals surface area (Å²) in [4.78, 5) is 15.9. The van der Waals surface area contributed by atoms with Gasteiger partial charge in [0.05, 0.1) is 12.5 Å². The Labute approximate surface area is 110 Å². The van der Waals surface area contributed by atoms with Gasteiger partial charge in [-0.2, -0.15) is 5.10 Å². The molecule has 6 nitrogen and oxygen atoms in total. The molecule has 6 heteroatoms. The van der Waals surface area contributed by atoms with Gasteiger partial charge >= 0.3 is 5.97 Å². The van der Waals surface area contributed by atoms with Crippen molar-refractivity contribution in [1.29, 1.82) is 0 Å². The Kier molecular flexibility index (Phi) is 2.85. The first kappa shape index (κ1) is 12.0. The second-order valence-electron chi connectivity index (χ2n) is 4.66. The van der Waals surface area contributed by atoms with E-state index in [1.165, 1.54) is 0 Å². The molecule has 2 aromatic rings. The van der Waals surface area contributed by atoms with Crippen LogP contribution < -0.4 is 0 Å². The molecule has 2 atom stereocenters. The van der Waals surface area contributed by atoms with E-state index in [-0.39, 0.29) is 17.8 Å². The van der Waals surface area contributed by atoms with Gasteiger partial charge in [-0.3, -0.25) is 9.89 Å². The predicted octanol–water partition coefficient (Wildman–Crippen LogP) is 2.04. The van der Waals surface area contributed by atoms with Crippen LogP contribution in [0.15, 0.2) is 16.5 Å². The monoisotopic (exact) mass is 261 g/mol. The SMILES string of the molecule is CCOC(=O)[C@@H]1C[C@H]1c1nc(-c2ccc(C)o2)n[nH]1. The Balaban J connectivity index is 1.72. The number of nitrogens with zero attached hydrogens (tertiary/aromatic N) is 2. The fraction of sp³-hybridized carbons (Fsp3) is 0.462. The number of carbonyl (C=O) groups excluding carboxylic acids is 1. The molecule has 0 aromatic carbocycles. The molecule has 2 aromatic heterocycles. The van der Waals surface area contributed by atoms with Gasteiger partial charge in [-0.15, -0.1) is 0 Å². The van der Waals surface area contributed by atoms with E-state index in [9.17, 15) is 4.79 Å². The van der Waals surface area contributed by atoms with Crippen molar-refractivity contribution in [2.75, 3.05) is 6.61 Å². The Morgan fingerprint density at radius 3 is 3.11 bits per heavy atom. The fourth-order valence-electron chi connectivity index (χ4n) is 2.11. The summed E-state index contributed by atoms with van der Waals surface area (Å²) < 4.78 is 10.5. The summed E-state index contributed by atoms with van der Waals surface area (Å²) in [6.45, 7) is 4.09. The Morgan fingerprint density at radius 1 is 1.58 bits per heavy atom. The largest absolute Gasteiger partial charge is 0.466 e. The van der Waals surface area contributed by atoms with E-state index in [0.29, 0.717) is 18.2 Å². The van der Waals surface area contributed by atoms with Gasteiger partial charge in [0.25, 0.3) is 0 Å². The molecule has 100 valence electrons. The molecular weight excluding hydrogens is 246 g/mol. The highest BCUT2D eigenvalue weighted by molar-refractivity contribution is 5.77. The van der Waals surface area contributed by atoms with Crippen molar-refractivity contribution in [3.63, 3.8) is 0 Å². The topological polar surface area (TPSA) is 81.0 Å². The van der Waals surface area contributed by atoms with E-state index in [1.807, 2.05) is 19.1 Å². The van der Waals surface area contributed by atoms with Crippen LogP contribution in [0.5, 0.6) is 0 Å². The summed E-state index contributed by atoms with van der Waals surface area (Å²) in [5.41, 5.74) is 0. The van der Waals surface area contributed by atoms with Gasteiger partial charge in [0.15, 0.2) is 5.76 Å². The Morgan fingerprint density at radius 2 is 2.42 bits per heavy atom. The van der Waals surface area contributed by atoms with Crippen molar-refractivity contribution in [3.05, 3.63) is 23.7 Å². The molecule has 0 radical (unpaired) electrons. The summed E-state index contributed by atoms with van der Waals surface area (Å²) in [5.74, 6) is 2.56. The highest BCUT2D eigenvalue weighted by atomic mass is 16.5. The number of furan rings is 1. The van der Waals surface area contributed by atoms with E-state index in [0.717, 1.165) is 18.0 Å². The van der Waals surface area contributed by atoms with Gasteiger partial charge in [-0.25, -0.2) is 4.98 Å². The van der Waals surface area contributed by atoms with Crippen molar-refractivity contribution in [1.82, 2.24) is 15.2 Å². The lowest BCUT2D eigenvalue weighted by atomic mass is 10.3. The number of esters is 1. The number of ether oxygens (including phenoxy) is 1. The predicted molar refractivity (Wildman–Crippen MR) is 66.3 cm³/mol. The first-order valence-electron chi connectivity index (χ1n) is 6.34. The van der Waals surface area contributed by atoms with E-state index in [2.05, 4.69) is 15.2 Å². The van der Waals surface area contributed by atoms with Crippen LogP contribution in [0.2, 0.25) is 0 Å². The third-order valence-corrected chi connectivity index (χ3v) is 3.19. The van der Waals surface area contributed by atoms with Gasteiger partial charge in [-0.05, 0) is 32.4 Å². The van der Waals surface area contributed by atoms with Gasteiger partial charge in [0, 0.05) is 5.92 Å². The highest BCUT2D eigenvalue weighted by Crippen LogP contribution is 2.47. The number of H-pyrrole nitrogens is 1. The number of rotatable bonds is 4. The lowest BCUT2D eigenvalue weighted by molar-refractivity contribution is -0.144. The third-order valence-electron chi connectivity index (χ3n) is 3.19. The van der Waals surface area contributed by atoms with Crippen molar-refractivity contribution in [2.45, 2.75) is 26.2 Å². The smallest absolute Gasteiger partial charge is 0.309 e. The molecule has 19 heavy (non-hydrogen) atoms. The molecule has 1 aliphatic carbocycles. The average Bonchev–Trinajstić information content (AvgIpc) is 2.82. The minimum absolute atomic E-state index is 0.0842. The number of hydrogen-bond donors (Lipinski definition) is 1. The van der Waals surface area contributed by atoms with Crippen LogP contribution in [0.4, 0.5) is 0 Å². The van der Waals surface area contributed by atoms with E-state index in [4.69, 9.17) is 9.15 Å².